The van der Waals surface area contributed by atoms with Crippen molar-refractivity contribution in [3.63, 3.8) is 0 Å². The molecule has 0 aliphatic heterocycles. The van der Waals surface area contributed by atoms with Crippen molar-refractivity contribution in [3.8, 4) is 0 Å². The molecule has 1 aromatic heterocycles. The summed E-state index contributed by atoms with van der Waals surface area (Å²) in [5.41, 5.74) is -1.81. The van der Waals surface area contributed by atoms with Crippen LogP contribution in [0.2, 0.25) is 0 Å². The van der Waals surface area contributed by atoms with Crippen molar-refractivity contribution < 1.29 is 27.2 Å². The van der Waals surface area contributed by atoms with E-state index in [1.165, 1.54) is 25.3 Å². The molecule has 0 bridgehead atoms. The van der Waals surface area contributed by atoms with Gasteiger partial charge in [0.05, 0.1) is 11.1 Å². The molecule has 4 nitrogen and oxygen atoms in total. The van der Waals surface area contributed by atoms with E-state index in [4.69, 9.17) is 0 Å². The molecule has 126 valence electrons. The van der Waals surface area contributed by atoms with E-state index in [0.29, 0.717) is 12.1 Å². The lowest BCUT2D eigenvalue weighted by Gasteiger charge is -2.13. The number of ketones is 1. The average molecular weight is 405 g/mol. The zero-order chi connectivity index (χ0) is 18.1. The lowest BCUT2D eigenvalue weighted by atomic mass is 10.1. The monoisotopic (exact) mass is 404 g/mol. The van der Waals surface area contributed by atoms with Crippen molar-refractivity contribution in [2.45, 2.75) is 13.1 Å². The van der Waals surface area contributed by atoms with Gasteiger partial charge in [0.1, 0.15) is 11.5 Å². The molecule has 2 rings (SSSR count). The number of aromatic nitrogens is 1. The summed E-state index contributed by atoms with van der Waals surface area (Å²) in [4.78, 5) is 27.2. The molecule has 0 aliphatic rings. The van der Waals surface area contributed by atoms with Crippen LogP contribution in [0.25, 0.3) is 0 Å². The van der Waals surface area contributed by atoms with Crippen molar-refractivity contribution in [2.75, 3.05) is 5.32 Å². The van der Waals surface area contributed by atoms with E-state index in [1.807, 2.05) is 0 Å². The lowest BCUT2D eigenvalue weighted by molar-refractivity contribution is -0.138. The van der Waals surface area contributed by atoms with Gasteiger partial charge in [0, 0.05) is 23.3 Å². The first kappa shape index (κ1) is 18.1. The normalized spacial score (nSPS) is 11.2. The van der Waals surface area contributed by atoms with Crippen LogP contribution in [-0.2, 0) is 6.18 Å². The molecule has 0 radical (unpaired) electrons. The van der Waals surface area contributed by atoms with E-state index in [1.54, 1.807) is 0 Å². The average Bonchev–Trinajstić information content (AvgIpc) is 2.46. The number of pyridine rings is 1. The van der Waals surface area contributed by atoms with Gasteiger partial charge in [0.15, 0.2) is 5.78 Å². The van der Waals surface area contributed by atoms with Gasteiger partial charge < -0.3 is 5.32 Å². The number of rotatable bonds is 3. The number of nitrogens with zero attached hydrogens (tertiary/aromatic N) is 1. The van der Waals surface area contributed by atoms with Crippen LogP contribution >= 0.6 is 15.9 Å². The predicted octanol–water partition coefficient (Wildman–Crippen LogP) is 4.46. The summed E-state index contributed by atoms with van der Waals surface area (Å²) >= 11 is 2.63. The van der Waals surface area contributed by atoms with Crippen molar-refractivity contribution >= 4 is 33.3 Å². The molecule has 0 unspecified atom stereocenters. The van der Waals surface area contributed by atoms with Crippen molar-refractivity contribution in [1.29, 1.82) is 0 Å². The Morgan fingerprint density at radius 1 is 1.21 bits per heavy atom. The van der Waals surface area contributed by atoms with Crippen LogP contribution in [0.1, 0.15) is 33.3 Å². The van der Waals surface area contributed by atoms with Crippen molar-refractivity contribution in [1.82, 2.24) is 4.98 Å². The molecule has 0 fully saturated rings. The molecule has 0 saturated carbocycles. The third-order valence-corrected chi connectivity index (χ3v) is 3.83. The maximum Gasteiger partial charge on any atom is 0.417 e. The molecule has 1 amide bonds. The van der Waals surface area contributed by atoms with Crippen molar-refractivity contribution in [2.24, 2.45) is 0 Å². The van der Waals surface area contributed by atoms with Crippen LogP contribution in [0.15, 0.2) is 34.9 Å². The second-order valence-electron chi connectivity index (χ2n) is 4.72. The highest BCUT2D eigenvalue weighted by Crippen LogP contribution is 2.37. The van der Waals surface area contributed by atoms with E-state index in [9.17, 15) is 27.2 Å². The third kappa shape index (κ3) is 3.78. The summed E-state index contributed by atoms with van der Waals surface area (Å²) in [5, 5.41) is 2.25. The van der Waals surface area contributed by atoms with Gasteiger partial charge in [-0.25, -0.2) is 4.39 Å². The van der Waals surface area contributed by atoms with Gasteiger partial charge >= 0.3 is 6.18 Å². The number of carbonyl (C=O) groups is 2. The molecule has 0 aliphatic carbocycles. The molecule has 1 aromatic carbocycles. The Morgan fingerprint density at radius 2 is 1.88 bits per heavy atom. The number of nitrogens with one attached hydrogen (secondary N) is 1. The minimum Gasteiger partial charge on any atom is -0.322 e. The van der Waals surface area contributed by atoms with Gasteiger partial charge in [-0.2, -0.15) is 13.2 Å². The molecular formula is C15H9BrF4N2O2. The Hall–Kier alpha value is -2.29. The Bertz CT molecular complexity index is 822. The lowest BCUT2D eigenvalue weighted by Crippen LogP contribution is -2.18. The molecule has 24 heavy (non-hydrogen) atoms. The first-order valence-electron chi connectivity index (χ1n) is 6.45. The van der Waals surface area contributed by atoms with Crippen LogP contribution in [0.4, 0.5) is 23.2 Å². The van der Waals surface area contributed by atoms with Gasteiger partial charge in [0.2, 0.25) is 0 Å². The molecule has 2 aromatic rings. The summed E-state index contributed by atoms with van der Waals surface area (Å²) in [7, 11) is 0. The smallest absolute Gasteiger partial charge is 0.322 e. The topological polar surface area (TPSA) is 59.1 Å². The highest BCUT2D eigenvalue weighted by Gasteiger charge is 2.35. The number of halogens is 5. The van der Waals surface area contributed by atoms with Gasteiger partial charge in [-0.1, -0.05) is 0 Å². The Labute approximate surface area is 142 Å². The van der Waals surface area contributed by atoms with Crippen LogP contribution < -0.4 is 5.32 Å². The van der Waals surface area contributed by atoms with Crippen molar-refractivity contribution in [3.05, 3.63) is 57.6 Å². The molecule has 1 heterocycles. The minimum absolute atomic E-state index is 0.0522. The Morgan fingerprint density at radius 3 is 2.46 bits per heavy atom. The fourth-order valence-electron chi connectivity index (χ4n) is 1.87. The fraction of sp³-hybridized carbons (Fsp3) is 0.133. The zero-order valence-corrected chi connectivity index (χ0v) is 13.6. The maximum absolute atomic E-state index is 13.9. The third-order valence-electron chi connectivity index (χ3n) is 3.00. The molecule has 0 saturated heterocycles. The molecule has 0 spiro atoms. The standard InChI is InChI=1S/C15H9BrF4N2O2/c1-7(23)11-6-8(4-5-21-11)22-14(24)12-10(17)3-2-9(13(12)16)15(18,19)20/h2-6H,1H3,(H,21,22,24). The van der Waals surface area contributed by atoms with E-state index >= 15 is 0 Å². The van der Waals surface area contributed by atoms with E-state index in [0.717, 1.165) is 0 Å². The summed E-state index contributed by atoms with van der Waals surface area (Å²) in [6, 6.07) is 3.66. The van der Waals surface area contributed by atoms with Gasteiger partial charge in [-0.15, -0.1) is 0 Å². The van der Waals surface area contributed by atoms with Gasteiger partial charge in [-0.3, -0.25) is 14.6 Å². The highest BCUT2D eigenvalue weighted by molar-refractivity contribution is 9.10. The number of alkyl halides is 3. The maximum atomic E-state index is 13.9. The summed E-state index contributed by atoms with van der Waals surface area (Å²) in [6.07, 6.45) is -3.51. The first-order valence-corrected chi connectivity index (χ1v) is 7.24. The van der Waals surface area contributed by atoms with E-state index in [2.05, 4.69) is 26.2 Å². The zero-order valence-electron chi connectivity index (χ0n) is 12.0. The molecular weight excluding hydrogens is 396 g/mol. The SMILES string of the molecule is CC(=O)c1cc(NC(=O)c2c(F)ccc(C(F)(F)F)c2Br)ccn1. The minimum atomic E-state index is -4.75. The molecule has 1 N–H and O–H groups in total. The summed E-state index contributed by atoms with van der Waals surface area (Å²) in [5.74, 6) is -2.57. The van der Waals surface area contributed by atoms with Crippen LogP contribution in [0.3, 0.4) is 0 Å². The second-order valence-corrected chi connectivity index (χ2v) is 5.51. The van der Waals surface area contributed by atoms with E-state index < -0.39 is 33.5 Å². The Balaban J connectivity index is 2.40. The quantitative estimate of drug-likeness (QED) is 0.606. The van der Waals surface area contributed by atoms with Crippen LogP contribution in [0, 0.1) is 5.82 Å². The van der Waals surface area contributed by atoms with Crippen LogP contribution in [-0.4, -0.2) is 16.7 Å². The largest absolute Gasteiger partial charge is 0.417 e. The fourth-order valence-corrected chi connectivity index (χ4v) is 2.60. The second kappa shape index (κ2) is 6.68. The van der Waals surface area contributed by atoms with Gasteiger partial charge in [-0.05, 0) is 40.2 Å². The first-order chi connectivity index (χ1) is 11.1. The predicted molar refractivity (Wildman–Crippen MR) is 81.3 cm³/mol. The number of amides is 1. The number of anilines is 1. The van der Waals surface area contributed by atoms with E-state index in [-0.39, 0.29) is 17.2 Å². The number of carbonyl (C=O) groups excluding carboxylic acids is 2. The molecule has 9 heteroatoms. The number of Topliss-reactive ketones (excluding diaryl/α,β-unsaturated/α-hetero) is 1. The van der Waals surface area contributed by atoms with Crippen LogP contribution in [0.5, 0.6) is 0 Å². The number of hydrogen-bond donors (Lipinski definition) is 1. The Kier molecular flexibility index (Phi) is 5.02. The van der Waals surface area contributed by atoms with Gasteiger partial charge in [0.25, 0.3) is 5.91 Å². The number of hydrogen-bond acceptors (Lipinski definition) is 3. The summed E-state index contributed by atoms with van der Waals surface area (Å²) < 4.78 is 51.7. The molecule has 0 atom stereocenters. The summed E-state index contributed by atoms with van der Waals surface area (Å²) in [6.45, 7) is 1.26. The number of benzene rings is 1. The highest BCUT2D eigenvalue weighted by atomic mass is 79.9.